The Morgan fingerprint density at radius 1 is 1.38 bits per heavy atom. The first kappa shape index (κ1) is 11.2. The van der Waals surface area contributed by atoms with E-state index in [0.29, 0.717) is 18.1 Å². The van der Waals surface area contributed by atoms with Gasteiger partial charge in [-0.3, -0.25) is 0 Å². The zero-order valence-corrected chi connectivity index (χ0v) is 9.74. The highest BCUT2D eigenvalue weighted by atomic mass is 16.5. The summed E-state index contributed by atoms with van der Waals surface area (Å²) in [4.78, 5) is 11.7. The van der Waals surface area contributed by atoms with Gasteiger partial charge in [-0.1, -0.05) is 30.5 Å². The number of rotatable bonds is 3. The molecule has 1 aliphatic rings. The molecule has 1 saturated carbocycles. The van der Waals surface area contributed by atoms with Crippen molar-refractivity contribution in [2.75, 3.05) is 6.61 Å². The van der Waals surface area contributed by atoms with E-state index in [9.17, 15) is 4.79 Å². The number of carbonyl (C=O) groups excluding carboxylic acids is 1. The molecule has 0 amide bonds. The van der Waals surface area contributed by atoms with Gasteiger partial charge in [-0.25, -0.2) is 4.79 Å². The van der Waals surface area contributed by atoms with Crippen LogP contribution < -0.4 is 0 Å². The SMILES string of the molecule is Cc1cccc(C(=O)OCC2CCCC2)c1. The number of benzene rings is 1. The topological polar surface area (TPSA) is 26.3 Å². The molecule has 1 fully saturated rings. The van der Waals surface area contributed by atoms with Crippen LogP contribution in [0.4, 0.5) is 0 Å². The number of hydrogen-bond acceptors (Lipinski definition) is 2. The molecule has 0 heterocycles. The minimum Gasteiger partial charge on any atom is -0.462 e. The van der Waals surface area contributed by atoms with Crippen molar-refractivity contribution in [2.45, 2.75) is 32.6 Å². The predicted octanol–water partition coefficient (Wildman–Crippen LogP) is 3.34. The van der Waals surface area contributed by atoms with Crippen molar-refractivity contribution in [3.63, 3.8) is 0 Å². The van der Waals surface area contributed by atoms with Gasteiger partial charge in [0.2, 0.25) is 0 Å². The summed E-state index contributed by atoms with van der Waals surface area (Å²) in [5.41, 5.74) is 1.76. The smallest absolute Gasteiger partial charge is 0.338 e. The van der Waals surface area contributed by atoms with E-state index in [1.165, 1.54) is 25.7 Å². The van der Waals surface area contributed by atoms with Gasteiger partial charge in [0.1, 0.15) is 0 Å². The molecule has 1 aromatic rings. The lowest BCUT2D eigenvalue weighted by atomic mass is 10.1. The summed E-state index contributed by atoms with van der Waals surface area (Å²) in [6.45, 7) is 2.57. The molecule has 0 atom stereocenters. The van der Waals surface area contributed by atoms with Gasteiger partial charge >= 0.3 is 5.97 Å². The summed E-state index contributed by atoms with van der Waals surface area (Å²) in [6.07, 6.45) is 4.99. The van der Waals surface area contributed by atoms with Crippen LogP contribution in [-0.2, 0) is 4.74 Å². The number of aryl methyl sites for hydroxylation is 1. The van der Waals surface area contributed by atoms with E-state index >= 15 is 0 Å². The van der Waals surface area contributed by atoms with Gasteiger partial charge in [-0.05, 0) is 37.8 Å². The van der Waals surface area contributed by atoms with Crippen LogP contribution in [-0.4, -0.2) is 12.6 Å². The van der Waals surface area contributed by atoms with E-state index in [2.05, 4.69) is 0 Å². The third-order valence-corrected chi connectivity index (χ3v) is 3.18. The van der Waals surface area contributed by atoms with Crippen molar-refractivity contribution in [3.8, 4) is 0 Å². The van der Waals surface area contributed by atoms with E-state index in [-0.39, 0.29) is 5.97 Å². The van der Waals surface area contributed by atoms with Gasteiger partial charge in [0.05, 0.1) is 12.2 Å². The zero-order chi connectivity index (χ0) is 11.4. The lowest BCUT2D eigenvalue weighted by molar-refractivity contribution is 0.0442. The fourth-order valence-electron chi connectivity index (χ4n) is 2.23. The maximum absolute atomic E-state index is 11.7. The van der Waals surface area contributed by atoms with E-state index in [1.807, 2.05) is 31.2 Å². The quantitative estimate of drug-likeness (QED) is 0.727. The highest BCUT2D eigenvalue weighted by molar-refractivity contribution is 5.89. The summed E-state index contributed by atoms with van der Waals surface area (Å²) in [5.74, 6) is 0.407. The van der Waals surface area contributed by atoms with Crippen molar-refractivity contribution in [3.05, 3.63) is 35.4 Å². The standard InChI is InChI=1S/C14H18O2/c1-11-5-4-8-13(9-11)14(15)16-10-12-6-2-3-7-12/h4-5,8-9,12H,2-3,6-7,10H2,1H3. The highest BCUT2D eigenvalue weighted by Gasteiger charge is 2.17. The molecule has 1 aromatic carbocycles. The van der Waals surface area contributed by atoms with Crippen LogP contribution in [0.5, 0.6) is 0 Å². The molecular formula is C14H18O2. The largest absolute Gasteiger partial charge is 0.462 e. The first-order chi connectivity index (χ1) is 7.75. The van der Waals surface area contributed by atoms with Crippen molar-refractivity contribution in [1.29, 1.82) is 0 Å². The Balaban J connectivity index is 1.87. The van der Waals surface area contributed by atoms with E-state index in [1.54, 1.807) is 0 Å². The lowest BCUT2D eigenvalue weighted by Gasteiger charge is -2.10. The van der Waals surface area contributed by atoms with Gasteiger partial charge < -0.3 is 4.74 Å². The Morgan fingerprint density at radius 2 is 2.12 bits per heavy atom. The van der Waals surface area contributed by atoms with Gasteiger partial charge in [0, 0.05) is 0 Å². The van der Waals surface area contributed by atoms with Gasteiger partial charge in [-0.2, -0.15) is 0 Å². The zero-order valence-electron chi connectivity index (χ0n) is 9.74. The third-order valence-electron chi connectivity index (χ3n) is 3.18. The second kappa shape index (κ2) is 5.15. The monoisotopic (exact) mass is 218 g/mol. The Hall–Kier alpha value is -1.31. The Labute approximate surface area is 96.6 Å². The molecule has 0 aliphatic heterocycles. The van der Waals surface area contributed by atoms with Gasteiger partial charge in [-0.15, -0.1) is 0 Å². The van der Waals surface area contributed by atoms with E-state index in [4.69, 9.17) is 4.74 Å². The lowest BCUT2D eigenvalue weighted by Crippen LogP contribution is -2.12. The molecule has 0 unspecified atom stereocenters. The van der Waals surface area contributed by atoms with Crippen LogP contribution >= 0.6 is 0 Å². The molecule has 1 aliphatic carbocycles. The fraction of sp³-hybridized carbons (Fsp3) is 0.500. The first-order valence-electron chi connectivity index (χ1n) is 5.99. The van der Waals surface area contributed by atoms with Crippen molar-refractivity contribution >= 4 is 5.97 Å². The summed E-state index contributed by atoms with van der Waals surface area (Å²) >= 11 is 0. The molecule has 2 rings (SSSR count). The van der Waals surface area contributed by atoms with E-state index < -0.39 is 0 Å². The Bertz CT molecular complexity index is 365. The maximum Gasteiger partial charge on any atom is 0.338 e. The minimum absolute atomic E-state index is 0.185. The molecule has 0 radical (unpaired) electrons. The second-order valence-electron chi connectivity index (χ2n) is 4.62. The number of carbonyl (C=O) groups is 1. The molecule has 0 bridgehead atoms. The summed E-state index contributed by atoms with van der Waals surface area (Å²) in [7, 11) is 0. The molecule has 0 aromatic heterocycles. The summed E-state index contributed by atoms with van der Waals surface area (Å²) in [6, 6.07) is 7.55. The molecular weight excluding hydrogens is 200 g/mol. The highest BCUT2D eigenvalue weighted by Crippen LogP contribution is 2.25. The summed E-state index contributed by atoms with van der Waals surface area (Å²) < 4.78 is 5.33. The van der Waals surface area contributed by atoms with Crippen LogP contribution in [0.15, 0.2) is 24.3 Å². The molecule has 2 nitrogen and oxygen atoms in total. The fourth-order valence-corrected chi connectivity index (χ4v) is 2.23. The third kappa shape index (κ3) is 2.84. The number of esters is 1. The molecule has 0 saturated heterocycles. The average molecular weight is 218 g/mol. The van der Waals surface area contributed by atoms with Crippen LogP contribution in [0.2, 0.25) is 0 Å². The Morgan fingerprint density at radius 3 is 2.81 bits per heavy atom. The minimum atomic E-state index is -0.185. The molecule has 0 spiro atoms. The van der Waals surface area contributed by atoms with E-state index in [0.717, 1.165) is 5.56 Å². The molecule has 2 heteroatoms. The van der Waals surface area contributed by atoms with Crippen molar-refractivity contribution in [2.24, 2.45) is 5.92 Å². The van der Waals surface area contributed by atoms with Crippen LogP contribution in [0.25, 0.3) is 0 Å². The van der Waals surface area contributed by atoms with Crippen molar-refractivity contribution in [1.82, 2.24) is 0 Å². The summed E-state index contributed by atoms with van der Waals surface area (Å²) in [5, 5.41) is 0. The Kier molecular flexibility index (Phi) is 3.60. The average Bonchev–Trinajstić information content (AvgIpc) is 2.78. The number of hydrogen-bond donors (Lipinski definition) is 0. The van der Waals surface area contributed by atoms with Crippen LogP contribution in [0.3, 0.4) is 0 Å². The molecule has 16 heavy (non-hydrogen) atoms. The van der Waals surface area contributed by atoms with Crippen molar-refractivity contribution < 1.29 is 9.53 Å². The van der Waals surface area contributed by atoms with Gasteiger partial charge in [0.25, 0.3) is 0 Å². The van der Waals surface area contributed by atoms with Gasteiger partial charge in [0.15, 0.2) is 0 Å². The first-order valence-corrected chi connectivity index (χ1v) is 5.99. The molecule has 0 N–H and O–H groups in total. The normalized spacial score (nSPS) is 16.3. The predicted molar refractivity (Wildman–Crippen MR) is 63.4 cm³/mol. The second-order valence-corrected chi connectivity index (χ2v) is 4.62. The number of ether oxygens (including phenoxy) is 1. The maximum atomic E-state index is 11.7. The molecule has 86 valence electrons. The van der Waals surface area contributed by atoms with Crippen LogP contribution in [0.1, 0.15) is 41.6 Å². The van der Waals surface area contributed by atoms with Crippen LogP contribution in [0, 0.1) is 12.8 Å².